The fraction of sp³-hybridized carbons (Fsp3) is 0.583. The van der Waals surface area contributed by atoms with Gasteiger partial charge in [-0.25, -0.2) is 4.98 Å². The zero-order chi connectivity index (χ0) is 10.7. The molecule has 3 nitrogen and oxygen atoms in total. The molecule has 1 fully saturated rings. The van der Waals surface area contributed by atoms with Crippen molar-refractivity contribution in [1.29, 1.82) is 0 Å². The second-order valence-corrected chi connectivity index (χ2v) is 4.23. The molecular formula is C12H17NO2. The number of hydrogen-bond acceptors (Lipinski definition) is 3. The van der Waals surface area contributed by atoms with E-state index in [1.165, 1.54) is 12.0 Å². The second kappa shape index (κ2) is 4.19. The maximum atomic E-state index is 5.30. The summed E-state index contributed by atoms with van der Waals surface area (Å²) in [5.74, 6) is 0.675. The van der Waals surface area contributed by atoms with Gasteiger partial charge in [0.2, 0.25) is 5.88 Å². The highest BCUT2D eigenvalue weighted by molar-refractivity contribution is 5.19. The fourth-order valence-electron chi connectivity index (χ4n) is 1.89. The Labute approximate surface area is 90.4 Å². The first-order valence-corrected chi connectivity index (χ1v) is 5.35. The lowest BCUT2D eigenvalue weighted by Crippen LogP contribution is -2.43. The number of aromatic nitrogens is 1. The van der Waals surface area contributed by atoms with Crippen LogP contribution in [0.15, 0.2) is 18.3 Å². The lowest BCUT2D eigenvalue weighted by atomic mass is 9.78. The lowest BCUT2D eigenvalue weighted by Gasteiger charge is -2.41. The lowest BCUT2D eigenvalue weighted by molar-refractivity contribution is -0.114. The Morgan fingerprint density at radius 3 is 2.67 bits per heavy atom. The van der Waals surface area contributed by atoms with Crippen molar-refractivity contribution in [3.05, 3.63) is 23.9 Å². The number of pyridine rings is 1. The number of ether oxygens (including phenoxy) is 2. The molecule has 1 saturated heterocycles. The van der Waals surface area contributed by atoms with Crippen molar-refractivity contribution >= 4 is 0 Å². The SMILES string of the molecule is CCC1(Cc2ccc(OC)nc2)COC1. The van der Waals surface area contributed by atoms with Crippen LogP contribution in [0, 0.1) is 5.41 Å². The predicted octanol–water partition coefficient (Wildman–Crippen LogP) is 2.06. The van der Waals surface area contributed by atoms with E-state index in [1.807, 2.05) is 12.3 Å². The van der Waals surface area contributed by atoms with Crippen LogP contribution in [0.2, 0.25) is 0 Å². The molecule has 1 aromatic heterocycles. The molecule has 3 heteroatoms. The van der Waals surface area contributed by atoms with Crippen LogP contribution in [0.3, 0.4) is 0 Å². The normalized spacial score (nSPS) is 18.3. The van der Waals surface area contributed by atoms with Gasteiger partial charge in [0.1, 0.15) is 0 Å². The minimum absolute atomic E-state index is 0.357. The van der Waals surface area contributed by atoms with E-state index in [0.717, 1.165) is 19.6 Å². The molecule has 0 aliphatic carbocycles. The van der Waals surface area contributed by atoms with Gasteiger partial charge in [-0.05, 0) is 18.4 Å². The monoisotopic (exact) mass is 207 g/mol. The first-order chi connectivity index (χ1) is 7.28. The maximum Gasteiger partial charge on any atom is 0.212 e. The molecule has 0 unspecified atom stereocenters. The van der Waals surface area contributed by atoms with Crippen molar-refractivity contribution in [3.8, 4) is 5.88 Å². The summed E-state index contributed by atoms with van der Waals surface area (Å²) < 4.78 is 10.3. The van der Waals surface area contributed by atoms with Gasteiger partial charge in [-0.3, -0.25) is 0 Å². The number of hydrogen-bond donors (Lipinski definition) is 0. The third-order valence-corrected chi connectivity index (χ3v) is 3.15. The van der Waals surface area contributed by atoms with Gasteiger partial charge in [0, 0.05) is 17.7 Å². The zero-order valence-electron chi connectivity index (χ0n) is 9.32. The minimum Gasteiger partial charge on any atom is -0.481 e. The zero-order valence-corrected chi connectivity index (χ0v) is 9.32. The van der Waals surface area contributed by atoms with Crippen molar-refractivity contribution < 1.29 is 9.47 Å². The average molecular weight is 207 g/mol. The van der Waals surface area contributed by atoms with Crippen LogP contribution in [-0.4, -0.2) is 25.3 Å². The third kappa shape index (κ3) is 2.12. The Bertz CT molecular complexity index is 311. The van der Waals surface area contributed by atoms with Gasteiger partial charge in [0.25, 0.3) is 0 Å². The summed E-state index contributed by atoms with van der Waals surface area (Å²) >= 11 is 0. The highest BCUT2D eigenvalue weighted by Crippen LogP contribution is 2.34. The first kappa shape index (κ1) is 10.4. The topological polar surface area (TPSA) is 31.4 Å². The number of nitrogens with zero attached hydrogens (tertiary/aromatic N) is 1. The van der Waals surface area contributed by atoms with Gasteiger partial charge >= 0.3 is 0 Å². The predicted molar refractivity (Wildman–Crippen MR) is 58.0 cm³/mol. The highest BCUT2D eigenvalue weighted by atomic mass is 16.5. The van der Waals surface area contributed by atoms with E-state index in [2.05, 4.69) is 18.0 Å². The summed E-state index contributed by atoms with van der Waals surface area (Å²) in [6, 6.07) is 4.00. The summed E-state index contributed by atoms with van der Waals surface area (Å²) in [5.41, 5.74) is 1.62. The van der Waals surface area contributed by atoms with E-state index in [-0.39, 0.29) is 0 Å². The fourth-order valence-corrected chi connectivity index (χ4v) is 1.89. The van der Waals surface area contributed by atoms with Gasteiger partial charge in [-0.1, -0.05) is 13.0 Å². The Morgan fingerprint density at radius 1 is 1.47 bits per heavy atom. The van der Waals surface area contributed by atoms with E-state index in [1.54, 1.807) is 7.11 Å². The van der Waals surface area contributed by atoms with Crippen molar-refractivity contribution in [2.75, 3.05) is 20.3 Å². The van der Waals surface area contributed by atoms with E-state index in [9.17, 15) is 0 Å². The molecule has 82 valence electrons. The minimum atomic E-state index is 0.357. The van der Waals surface area contributed by atoms with E-state index in [4.69, 9.17) is 9.47 Å². The molecule has 0 N–H and O–H groups in total. The largest absolute Gasteiger partial charge is 0.481 e. The van der Waals surface area contributed by atoms with E-state index >= 15 is 0 Å². The van der Waals surface area contributed by atoms with Gasteiger partial charge in [0.15, 0.2) is 0 Å². The number of rotatable bonds is 4. The van der Waals surface area contributed by atoms with Crippen molar-refractivity contribution in [2.24, 2.45) is 5.41 Å². The molecular weight excluding hydrogens is 190 g/mol. The Hall–Kier alpha value is -1.09. The molecule has 2 rings (SSSR count). The maximum absolute atomic E-state index is 5.30. The van der Waals surface area contributed by atoms with Crippen LogP contribution < -0.4 is 4.74 Å². The summed E-state index contributed by atoms with van der Waals surface area (Å²) in [6.07, 6.45) is 4.12. The summed E-state index contributed by atoms with van der Waals surface area (Å²) in [4.78, 5) is 4.21. The third-order valence-electron chi connectivity index (χ3n) is 3.15. The molecule has 1 aliphatic rings. The molecule has 0 spiro atoms. The Balaban J connectivity index is 2.03. The Kier molecular flexibility index (Phi) is 2.91. The smallest absolute Gasteiger partial charge is 0.212 e. The van der Waals surface area contributed by atoms with E-state index < -0.39 is 0 Å². The van der Waals surface area contributed by atoms with Crippen molar-refractivity contribution in [2.45, 2.75) is 19.8 Å². The first-order valence-electron chi connectivity index (χ1n) is 5.35. The molecule has 0 aromatic carbocycles. The summed E-state index contributed by atoms with van der Waals surface area (Å²) in [6.45, 7) is 3.99. The van der Waals surface area contributed by atoms with E-state index in [0.29, 0.717) is 11.3 Å². The van der Waals surface area contributed by atoms with Crippen LogP contribution in [0.25, 0.3) is 0 Å². The molecule has 0 bridgehead atoms. The second-order valence-electron chi connectivity index (χ2n) is 4.23. The van der Waals surface area contributed by atoms with Gasteiger partial charge in [-0.15, -0.1) is 0 Å². The molecule has 0 saturated carbocycles. The van der Waals surface area contributed by atoms with Crippen LogP contribution in [0.4, 0.5) is 0 Å². The number of methoxy groups -OCH3 is 1. The van der Waals surface area contributed by atoms with Crippen LogP contribution in [0.5, 0.6) is 5.88 Å². The molecule has 15 heavy (non-hydrogen) atoms. The quantitative estimate of drug-likeness (QED) is 0.757. The summed E-state index contributed by atoms with van der Waals surface area (Å²) in [7, 11) is 1.63. The van der Waals surface area contributed by atoms with Crippen molar-refractivity contribution in [1.82, 2.24) is 4.98 Å². The van der Waals surface area contributed by atoms with Crippen LogP contribution in [0.1, 0.15) is 18.9 Å². The molecule has 1 aromatic rings. The van der Waals surface area contributed by atoms with Crippen LogP contribution in [-0.2, 0) is 11.2 Å². The summed E-state index contributed by atoms with van der Waals surface area (Å²) in [5, 5.41) is 0. The molecule has 0 atom stereocenters. The highest BCUT2D eigenvalue weighted by Gasteiger charge is 2.36. The molecule has 2 heterocycles. The van der Waals surface area contributed by atoms with Gasteiger partial charge < -0.3 is 9.47 Å². The van der Waals surface area contributed by atoms with Gasteiger partial charge in [0.05, 0.1) is 20.3 Å². The molecule has 1 aliphatic heterocycles. The Morgan fingerprint density at radius 2 is 2.27 bits per heavy atom. The van der Waals surface area contributed by atoms with Gasteiger partial charge in [-0.2, -0.15) is 0 Å². The molecule has 0 radical (unpaired) electrons. The molecule has 0 amide bonds. The average Bonchev–Trinajstić information content (AvgIpc) is 2.24. The van der Waals surface area contributed by atoms with Crippen LogP contribution >= 0.6 is 0 Å². The standard InChI is InChI=1S/C12H17NO2/c1-3-12(8-15-9-12)6-10-4-5-11(14-2)13-7-10/h4-5,7H,3,6,8-9H2,1-2H3. The van der Waals surface area contributed by atoms with Crippen molar-refractivity contribution in [3.63, 3.8) is 0 Å².